The van der Waals surface area contributed by atoms with Crippen LogP contribution in [0.15, 0.2) is 52.0 Å². The van der Waals surface area contributed by atoms with Gasteiger partial charge in [-0.25, -0.2) is 5.43 Å². The molecule has 2 rings (SSSR count). The van der Waals surface area contributed by atoms with E-state index >= 15 is 0 Å². The molecule has 0 aliphatic rings. The molecule has 0 aromatic heterocycles. The molecule has 2 aromatic rings. The van der Waals surface area contributed by atoms with Gasteiger partial charge in [-0.3, -0.25) is 9.59 Å². The van der Waals surface area contributed by atoms with Crippen molar-refractivity contribution >= 4 is 50.7 Å². The monoisotopic (exact) mass is 467 g/mol. The number of amides is 2. The highest BCUT2D eigenvalue weighted by atomic mass is 79.9. The Kier molecular flexibility index (Phi) is 8.28. The van der Waals surface area contributed by atoms with Crippen molar-refractivity contribution in [2.45, 2.75) is 13.3 Å². The first-order valence-electron chi connectivity index (χ1n) is 8.21. The summed E-state index contributed by atoms with van der Waals surface area (Å²) in [6.07, 6.45) is -0.0104. The summed E-state index contributed by atoms with van der Waals surface area (Å²) in [5, 5.41) is 7.08. The third-order valence-electron chi connectivity index (χ3n) is 3.41. The molecule has 0 aliphatic carbocycles. The van der Waals surface area contributed by atoms with Crippen LogP contribution in [0.5, 0.6) is 11.5 Å². The number of nitrogens with zero attached hydrogens (tertiary/aromatic N) is 1. The zero-order valence-corrected chi connectivity index (χ0v) is 17.6. The fraction of sp³-hybridized carbons (Fsp3) is 0.211. The number of methoxy groups -OCH3 is 1. The molecule has 2 N–H and O–H groups in total. The zero-order chi connectivity index (χ0) is 20.5. The first kappa shape index (κ1) is 21.7. The van der Waals surface area contributed by atoms with Crippen LogP contribution in [-0.4, -0.2) is 31.2 Å². The van der Waals surface area contributed by atoms with Crippen LogP contribution in [0.2, 0.25) is 5.02 Å². The predicted molar refractivity (Wildman–Crippen MR) is 112 cm³/mol. The lowest BCUT2D eigenvalue weighted by Crippen LogP contribution is -2.26. The Morgan fingerprint density at radius 2 is 1.86 bits per heavy atom. The lowest BCUT2D eigenvalue weighted by Gasteiger charge is -2.10. The number of benzene rings is 2. The number of hydrogen-bond acceptors (Lipinski definition) is 5. The van der Waals surface area contributed by atoms with E-state index in [0.29, 0.717) is 27.9 Å². The van der Waals surface area contributed by atoms with E-state index < -0.39 is 5.91 Å². The van der Waals surface area contributed by atoms with Crippen molar-refractivity contribution in [2.75, 3.05) is 19.0 Å². The van der Waals surface area contributed by atoms with Gasteiger partial charge in [-0.2, -0.15) is 5.10 Å². The second kappa shape index (κ2) is 10.7. The number of hydrogen-bond donors (Lipinski definition) is 2. The predicted octanol–water partition coefficient (Wildman–Crippen LogP) is 4.01. The fourth-order valence-corrected chi connectivity index (χ4v) is 2.55. The fourth-order valence-electron chi connectivity index (χ4n) is 2.11. The van der Waals surface area contributed by atoms with Gasteiger partial charge >= 0.3 is 0 Å². The molecule has 0 unspecified atom stereocenters. The summed E-state index contributed by atoms with van der Waals surface area (Å²) in [4.78, 5) is 24.0. The summed E-state index contributed by atoms with van der Waals surface area (Å²) in [6.45, 7) is 1.44. The van der Waals surface area contributed by atoms with Gasteiger partial charge in [-0.05, 0) is 49.4 Å². The first-order valence-corrected chi connectivity index (χ1v) is 9.38. The molecule has 7 nitrogen and oxygen atoms in total. The van der Waals surface area contributed by atoms with Gasteiger partial charge in [-0.1, -0.05) is 27.5 Å². The van der Waals surface area contributed by atoms with Gasteiger partial charge in [0.1, 0.15) is 11.5 Å². The van der Waals surface area contributed by atoms with Crippen molar-refractivity contribution in [3.05, 3.63) is 52.0 Å². The molecule has 148 valence electrons. The highest BCUT2D eigenvalue weighted by Crippen LogP contribution is 2.27. The van der Waals surface area contributed by atoms with Crippen molar-refractivity contribution in [1.29, 1.82) is 0 Å². The largest absolute Gasteiger partial charge is 0.495 e. The molecular formula is C19H19BrClN3O4. The van der Waals surface area contributed by atoms with E-state index in [-0.39, 0.29) is 18.9 Å². The first-order chi connectivity index (χ1) is 13.4. The lowest BCUT2D eigenvalue weighted by molar-refractivity contribution is -0.123. The van der Waals surface area contributed by atoms with Gasteiger partial charge in [0.25, 0.3) is 5.91 Å². The summed E-state index contributed by atoms with van der Waals surface area (Å²) in [6, 6.07) is 12.0. The highest BCUT2D eigenvalue weighted by molar-refractivity contribution is 9.10. The van der Waals surface area contributed by atoms with Crippen LogP contribution >= 0.6 is 27.5 Å². The minimum absolute atomic E-state index is 0.0104. The Bertz CT molecular complexity index is 872. The van der Waals surface area contributed by atoms with Crippen LogP contribution in [0.1, 0.15) is 13.3 Å². The summed E-state index contributed by atoms with van der Waals surface area (Å²) >= 11 is 9.26. The van der Waals surface area contributed by atoms with Crippen LogP contribution in [0.25, 0.3) is 0 Å². The number of anilines is 1. The Morgan fingerprint density at radius 1 is 1.14 bits per heavy atom. The minimum atomic E-state index is -0.431. The van der Waals surface area contributed by atoms with E-state index in [1.54, 1.807) is 37.3 Å². The topological polar surface area (TPSA) is 89.0 Å². The van der Waals surface area contributed by atoms with Gasteiger partial charge in [-0.15, -0.1) is 0 Å². The molecule has 9 heteroatoms. The number of halogens is 2. The molecule has 0 saturated carbocycles. The molecule has 0 aliphatic heterocycles. The SMILES string of the molecule is COc1ccc(Cl)cc1NC(=O)C/C(C)=N/NC(=O)COc1ccc(Br)cc1. The van der Waals surface area contributed by atoms with Crippen LogP contribution < -0.4 is 20.2 Å². The number of rotatable bonds is 8. The highest BCUT2D eigenvalue weighted by Gasteiger charge is 2.10. The Balaban J connectivity index is 1.81. The van der Waals surface area contributed by atoms with Crippen LogP contribution in [0.4, 0.5) is 5.69 Å². The zero-order valence-electron chi connectivity index (χ0n) is 15.3. The minimum Gasteiger partial charge on any atom is -0.495 e. The summed E-state index contributed by atoms with van der Waals surface area (Å²) in [5.74, 6) is 0.306. The van der Waals surface area contributed by atoms with Gasteiger partial charge in [0.05, 0.1) is 19.2 Å². The molecule has 2 aromatic carbocycles. The number of ether oxygens (including phenoxy) is 2. The molecule has 0 saturated heterocycles. The van der Waals surface area contributed by atoms with Crippen molar-refractivity contribution < 1.29 is 19.1 Å². The Hall–Kier alpha value is -2.58. The average molecular weight is 469 g/mol. The molecule has 0 bridgehead atoms. The third-order valence-corrected chi connectivity index (χ3v) is 4.17. The smallest absolute Gasteiger partial charge is 0.277 e. The van der Waals surface area contributed by atoms with E-state index in [4.69, 9.17) is 21.1 Å². The van der Waals surface area contributed by atoms with Crippen LogP contribution in [-0.2, 0) is 9.59 Å². The van der Waals surface area contributed by atoms with E-state index in [2.05, 4.69) is 31.8 Å². The molecule has 28 heavy (non-hydrogen) atoms. The molecule has 2 amide bonds. The number of nitrogens with one attached hydrogen (secondary N) is 2. The van der Waals surface area contributed by atoms with Gasteiger partial charge in [0.15, 0.2) is 6.61 Å². The van der Waals surface area contributed by atoms with E-state index in [0.717, 1.165) is 4.47 Å². The maximum atomic E-state index is 12.2. The Labute approximate surface area is 176 Å². The summed E-state index contributed by atoms with van der Waals surface area (Å²) < 4.78 is 11.4. The molecular weight excluding hydrogens is 450 g/mol. The van der Waals surface area contributed by atoms with Gasteiger partial charge in [0, 0.05) is 15.2 Å². The number of carbonyl (C=O) groups excluding carboxylic acids is 2. The van der Waals surface area contributed by atoms with Gasteiger partial charge < -0.3 is 14.8 Å². The maximum absolute atomic E-state index is 12.2. The van der Waals surface area contributed by atoms with Crippen molar-refractivity contribution in [3.63, 3.8) is 0 Å². The molecule has 0 spiro atoms. The van der Waals surface area contributed by atoms with Crippen molar-refractivity contribution in [3.8, 4) is 11.5 Å². The third kappa shape index (κ3) is 7.21. The van der Waals surface area contributed by atoms with Crippen LogP contribution in [0, 0.1) is 0 Å². The number of hydrazone groups is 1. The van der Waals surface area contributed by atoms with E-state index in [9.17, 15) is 9.59 Å². The molecule has 0 radical (unpaired) electrons. The second-order valence-electron chi connectivity index (χ2n) is 5.69. The van der Waals surface area contributed by atoms with Crippen LogP contribution in [0.3, 0.4) is 0 Å². The van der Waals surface area contributed by atoms with Crippen molar-refractivity contribution in [1.82, 2.24) is 5.43 Å². The summed E-state index contributed by atoms with van der Waals surface area (Å²) in [5.41, 5.74) is 3.24. The van der Waals surface area contributed by atoms with Crippen molar-refractivity contribution in [2.24, 2.45) is 5.10 Å². The maximum Gasteiger partial charge on any atom is 0.277 e. The molecule has 0 atom stereocenters. The quantitative estimate of drug-likeness (QED) is 0.452. The van der Waals surface area contributed by atoms with Gasteiger partial charge in [0.2, 0.25) is 5.91 Å². The second-order valence-corrected chi connectivity index (χ2v) is 7.05. The number of carbonyl (C=O) groups is 2. The van der Waals surface area contributed by atoms with E-state index in [1.807, 2.05) is 12.1 Å². The normalized spacial score (nSPS) is 10.9. The Morgan fingerprint density at radius 3 is 2.54 bits per heavy atom. The standard InChI is InChI=1S/C19H19BrClN3O4/c1-12(9-18(25)22-16-10-14(21)5-8-17(16)27-2)23-24-19(26)11-28-15-6-3-13(20)4-7-15/h3-8,10H,9,11H2,1-2H3,(H,22,25)(H,24,26)/b23-12+. The molecule has 0 fully saturated rings. The molecule has 0 heterocycles. The summed E-state index contributed by atoms with van der Waals surface area (Å²) in [7, 11) is 1.50. The lowest BCUT2D eigenvalue weighted by atomic mass is 10.2. The average Bonchev–Trinajstić information content (AvgIpc) is 2.66. The van der Waals surface area contributed by atoms with E-state index in [1.165, 1.54) is 7.11 Å².